The number of halogens is 1. The van der Waals surface area contributed by atoms with Crippen molar-refractivity contribution in [2.75, 3.05) is 24.7 Å². The van der Waals surface area contributed by atoms with Gasteiger partial charge in [-0.1, -0.05) is 0 Å². The SMILES string of the molecule is CC1Oc2ccc(NC(=O)c3ccc(Br)c(S(=O)(=O)N(C)C)c3)cc2NC1=O. The Morgan fingerprint density at radius 3 is 2.61 bits per heavy atom. The third-order valence-corrected chi connectivity index (χ3v) is 6.93. The van der Waals surface area contributed by atoms with Gasteiger partial charge in [-0.05, 0) is 59.3 Å². The number of sulfonamides is 1. The number of hydrogen-bond donors (Lipinski definition) is 2. The lowest BCUT2D eigenvalue weighted by Crippen LogP contribution is -2.34. The average Bonchev–Trinajstić information content (AvgIpc) is 2.63. The van der Waals surface area contributed by atoms with Gasteiger partial charge in [-0.3, -0.25) is 9.59 Å². The Balaban J connectivity index is 1.87. The van der Waals surface area contributed by atoms with Crippen LogP contribution in [0, 0.1) is 0 Å². The van der Waals surface area contributed by atoms with Crippen LogP contribution >= 0.6 is 15.9 Å². The monoisotopic (exact) mass is 467 g/mol. The van der Waals surface area contributed by atoms with E-state index in [1.165, 1.54) is 32.3 Å². The molecule has 0 saturated carbocycles. The van der Waals surface area contributed by atoms with Gasteiger partial charge in [0.15, 0.2) is 6.10 Å². The smallest absolute Gasteiger partial charge is 0.265 e. The molecule has 2 N–H and O–H groups in total. The summed E-state index contributed by atoms with van der Waals surface area (Å²) in [5.41, 5.74) is 1.06. The summed E-state index contributed by atoms with van der Waals surface area (Å²) in [5.74, 6) is -0.255. The van der Waals surface area contributed by atoms with Crippen LogP contribution in [-0.2, 0) is 14.8 Å². The molecule has 0 spiro atoms. The highest BCUT2D eigenvalue weighted by Gasteiger charge is 2.24. The number of carbonyl (C=O) groups is 2. The predicted molar refractivity (Wildman–Crippen MR) is 108 cm³/mol. The van der Waals surface area contributed by atoms with Gasteiger partial charge in [0.2, 0.25) is 10.0 Å². The molecule has 2 aromatic carbocycles. The summed E-state index contributed by atoms with van der Waals surface area (Å²) in [4.78, 5) is 24.3. The zero-order valence-electron chi connectivity index (χ0n) is 15.3. The van der Waals surface area contributed by atoms with Crippen LogP contribution in [0.4, 0.5) is 11.4 Å². The van der Waals surface area contributed by atoms with Crippen molar-refractivity contribution in [2.24, 2.45) is 0 Å². The van der Waals surface area contributed by atoms with Crippen LogP contribution in [0.2, 0.25) is 0 Å². The molecule has 0 radical (unpaired) electrons. The van der Waals surface area contributed by atoms with Gasteiger partial charge < -0.3 is 15.4 Å². The molecule has 0 aromatic heterocycles. The number of nitrogens with zero attached hydrogens (tertiary/aromatic N) is 1. The molecule has 2 amide bonds. The van der Waals surface area contributed by atoms with E-state index in [-0.39, 0.29) is 16.4 Å². The van der Waals surface area contributed by atoms with E-state index in [0.29, 0.717) is 21.6 Å². The van der Waals surface area contributed by atoms with E-state index in [4.69, 9.17) is 4.74 Å². The second-order valence-electron chi connectivity index (χ2n) is 6.35. The second-order valence-corrected chi connectivity index (χ2v) is 9.32. The van der Waals surface area contributed by atoms with Gasteiger partial charge in [0, 0.05) is 29.8 Å². The van der Waals surface area contributed by atoms with Crippen molar-refractivity contribution in [2.45, 2.75) is 17.9 Å². The first-order valence-corrected chi connectivity index (χ1v) is 10.5. The summed E-state index contributed by atoms with van der Waals surface area (Å²) in [7, 11) is -0.886. The van der Waals surface area contributed by atoms with Crippen molar-refractivity contribution in [3.05, 3.63) is 46.4 Å². The number of fused-ring (bicyclic) bond motifs is 1. The van der Waals surface area contributed by atoms with Crippen LogP contribution < -0.4 is 15.4 Å². The fourth-order valence-electron chi connectivity index (χ4n) is 2.53. The lowest BCUT2D eigenvalue weighted by molar-refractivity contribution is -0.122. The summed E-state index contributed by atoms with van der Waals surface area (Å²) in [6, 6.07) is 9.18. The van der Waals surface area contributed by atoms with Crippen molar-refractivity contribution < 1.29 is 22.7 Å². The fourth-order valence-corrected chi connectivity index (χ4v) is 4.37. The molecule has 148 valence electrons. The number of carbonyl (C=O) groups excluding carboxylic acids is 2. The maximum atomic E-state index is 12.6. The van der Waals surface area contributed by atoms with Gasteiger partial charge in [-0.25, -0.2) is 12.7 Å². The third-order valence-electron chi connectivity index (χ3n) is 4.12. The molecule has 1 atom stereocenters. The average molecular weight is 468 g/mol. The molecule has 3 rings (SSSR count). The first kappa shape index (κ1) is 20.3. The summed E-state index contributed by atoms with van der Waals surface area (Å²) in [6.07, 6.45) is -0.590. The van der Waals surface area contributed by atoms with Crippen LogP contribution in [-0.4, -0.2) is 44.7 Å². The van der Waals surface area contributed by atoms with Crippen LogP contribution in [0.1, 0.15) is 17.3 Å². The molecule has 1 aliphatic heterocycles. The van der Waals surface area contributed by atoms with E-state index >= 15 is 0 Å². The van der Waals surface area contributed by atoms with E-state index in [1.807, 2.05) is 0 Å². The van der Waals surface area contributed by atoms with Gasteiger partial charge in [-0.15, -0.1) is 0 Å². The molecule has 1 aliphatic rings. The highest BCUT2D eigenvalue weighted by molar-refractivity contribution is 9.10. The number of rotatable bonds is 4. The van der Waals surface area contributed by atoms with Crippen LogP contribution in [0.15, 0.2) is 45.8 Å². The molecule has 1 unspecified atom stereocenters. The van der Waals surface area contributed by atoms with Crippen LogP contribution in [0.5, 0.6) is 5.75 Å². The minimum absolute atomic E-state index is 0.00904. The third kappa shape index (κ3) is 3.89. The lowest BCUT2D eigenvalue weighted by atomic mass is 10.2. The van der Waals surface area contributed by atoms with Gasteiger partial charge in [0.25, 0.3) is 11.8 Å². The minimum Gasteiger partial charge on any atom is -0.479 e. The summed E-state index contributed by atoms with van der Waals surface area (Å²) in [5, 5.41) is 5.40. The van der Waals surface area contributed by atoms with E-state index in [0.717, 1.165) is 4.31 Å². The molecule has 8 nitrogen and oxygen atoms in total. The first-order valence-electron chi connectivity index (χ1n) is 8.24. The molecular weight excluding hydrogens is 450 g/mol. The lowest BCUT2D eigenvalue weighted by Gasteiger charge is -2.23. The van der Waals surface area contributed by atoms with Gasteiger partial charge in [-0.2, -0.15) is 0 Å². The number of nitrogens with one attached hydrogen (secondary N) is 2. The van der Waals surface area contributed by atoms with Crippen molar-refractivity contribution in [1.82, 2.24) is 4.31 Å². The Morgan fingerprint density at radius 2 is 1.93 bits per heavy atom. The standard InChI is InChI=1S/C18H18BrN3O5S/c1-10-17(23)21-14-9-12(5-7-15(14)27-10)20-18(24)11-4-6-13(19)16(8-11)28(25,26)22(2)3/h4-10H,1-3H3,(H,20,24)(H,21,23). The largest absolute Gasteiger partial charge is 0.479 e. The summed E-state index contributed by atoms with van der Waals surface area (Å²) >= 11 is 3.21. The predicted octanol–water partition coefficient (Wildman–Crippen LogP) is 2.67. The Morgan fingerprint density at radius 1 is 1.21 bits per heavy atom. The molecule has 0 bridgehead atoms. The summed E-state index contributed by atoms with van der Waals surface area (Å²) < 4.78 is 31.7. The van der Waals surface area contributed by atoms with Crippen molar-refractivity contribution in [1.29, 1.82) is 0 Å². The van der Waals surface area contributed by atoms with E-state index in [1.54, 1.807) is 25.1 Å². The van der Waals surface area contributed by atoms with Crippen molar-refractivity contribution in [3.8, 4) is 5.75 Å². The number of ether oxygens (including phenoxy) is 1. The second kappa shape index (κ2) is 7.53. The van der Waals surface area contributed by atoms with E-state index in [9.17, 15) is 18.0 Å². The van der Waals surface area contributed by atoms with Gasteiger partial charge in [0.1, 0.15) is 5.75 Å². The molecule has 28 heavy (non-hydrogen) atoms. The Bertz CT molecular complexity index is 1070. The minimum atomic E-state index is -3.72. The topological polar surface area (TPSA) is 105 Å². The normalized spacial score (nSPS) is 16.2. The van der Waals surface area contributed by atoms with Crippen LogP contribution in [0.25, 0.3) is 0 Å². The Labute approximate surface area is 171 Å². The summed E-state index contributed by atoms with van der Waals surface area (Å²) in [6.45, 7) is 1.64. The Kier molecular flexibility index (Phi) is 5.46. The zero-order valence-corrected chi connectivity index (χ0v) is 17.7. The van der Waals surface area contributed by atoms with Crippen molar-refractivity contribution in [3.63, 3.8) is 0 Å². The Hall–Kier alpha value is -2.43. The van der Waals surface area contributed by atoms with E-state index in [2.05, 4.69) is 26.6 Å². The van der Waals surface area contributed by atoms with Crippen LogP contribution in [0.3, 0.4) is 0 Å². The molecule has 2 aromatic rings. The molecule has 0 saturated heterocycles. The maximum absolute atomic E-state index is 12.6. The fraction of sp³-hybridized carbons (Fsp3) is 0.222. The zero-order chi connectivity index (χ0) is 20.6. The molecule has 0 fully saturated rings. The van der Waals surface area contributed by atoms with Crippen molar-refractivity contribution >= 4 is 49.1 Å². The number of amides is 2. The van der Waals surface area contributed by atoms with Gasteiger partial charge >= 0.3 is 0 Å². The van der Waals surface area contributed by atoms with Gasteiger partial charge in [0.05, 0.1) is 10.6 Å². The number of anilines is 2. The molecule has 10 heteroatoms. The molecular formula is C18H18BrN3O5S. The number of hydrogen-bond acceptors (Lipinski definition) is 5. The molecule has 1 heterocycles. The molecule has 0 aliphatic carbocycles. The van der Waals surface area contributed by atoms with E-state index < -0.39 is 22.0 Å². The number of benzene rings is 2. The maximum Gasteiger partial charge on any atom is 0.265 e. The first-order chi connectivity index (χ1) is 13.1. The highest BCUT2D eigenvalue weighted by atomic mass is 79.9. The quantitative estimate of drug-likeness (QED) is 0.718. The highest BCUT2D eigenvalue weighted by Crippen LogP contribution is 2.32.